The van der Waals surface area contributed by atoms with E-state index in [1.807, 2.05) is 22.6 Å². The first-order chi connectivity index (χ1) is 14.9. The average Bonchev–Trinajstić information content (AvgIpc) is 3.41. The quantitative estimate of drug-likeness (QED) is 0.510. The third-order valence-electron chi connectivity index (χ3n) is 5.64. The predicted molar refractivity (Wildman–Crippen MR) is 115 cm³/mol. The second-order valence-electron chi connectivity index (χ2n) is 7.35. The van der Waals surface area contributed by atoms with Gasteiger partial charge in [0.1, 0.15) is 23.3 Å². The van der Waals surface area contributed by atoms with Gasteiger partial charge in [0.2, 0.25) is 5.88 Å². The lowest BCUT2D eigenvalue weighted by molar-refractivity contribution is 0.140. The molecule has 1 amide bonds. The summed E-state index contributed by atoms with van der Waals surface area (Å²) in [6.45, 7) is 0.270. The van der Waals surface area contributed by atoms with E-state index in [4.69, 9.17) is 10.00 Å². The van der Waals surface area contributed by atoms with Crippen LogP contribution < -0.4 is 10.4 Å². The molecule has 2 aliphatic heterocycles. The summed E-state index contributed by atoms with van der Waals surface area (Å²) in [5, 5.41) is 20.0. The Balaban J connectivity index is 1.48. The van der Waals surface area contributed by atoms with Crippen LogP contribution in [0.25, 0.3) is 5.69 Å². The maximum Gasteiger partial charge on any atom is 0.415 e. The number of hydrogen-bond acceptors (Lipinski definition) is 5. The molecule has 0 radical (unpaired) electrons. The van der Waals surface area contributed by atoms with Crippen molar-refractivity contribution in [2.24, 2.45) is 0 Å². The number of likely N-dealkylation sites (tertiary alicyclic amines) is 1. The first kappa shape index (κ1) is 19.6. The first-order valence-electron chi connectivity index (χ1n) is 9.39. The number of amides is 1. The molecule has 1 fully saturated rings. The highest BCUT2D eigenvalue weighted by Crippen LogP contribution is 2.48. The zero-order valence-electron chi connectivity index (χ0n) is 15.8. The molecule has 2 aliphatic rings. The maximum atomic E-state index is 13.1. The van der Waals surface area contributed by atoms with E-state index in [9.17, 15) is 19.1 Å². The van der Waals surface area contributed by atoms with E-state index in [1.165, 1.54) is 38.3 Å². The monoisotopic (exact) mass is 532 g/mol. The minimum absolute atomic E-state index is 0.209. The summed E-state index contributed by atoms with van der Waals surface area (Å²) in [6, 6.07) is 11.2. The van der Waals surface area contributed by atoms with Crippen molar-refractivity contribution in [1.29, 1.82) is 5.26 Å². The number of ether oxygens (including phenoxy) is 1. The second-order valence-corrected chi connectivity index (χ2v) is 8.51. The summed E-state index contributed by atoms with van der Waals surface area (Å²) in [4.78, 5) is 27.2. The van der Waals surface area contributed by atoms with Crippen molar-refractivity contribution in [3.8, 4) is 23.4 Å². The largest absolute Gasteiger partial charge is 0.493 e. The third kappa shape index (κ3) is 2.99. The molecule has 1 N–H and O–H groups in total. The molecule has 156 valence electrons. The Morgan fingerprint density at radius 3 is 2.68 bits per heavy atom. The van der Waals surface area contributed by atoms with Crippen molar-refractivity contribution >= 4 is 28.7 Å². The van der Waals surface area contributed by atoms with Gasteiger partial charge in [-0.25, -0.2) is 18.5 Å². The van der Waals surface area contributed by atoms with Crippen LogP contribution in [0, 0.1) is 20.7 Å². The molecule has 0 aliphatic carbocycles. The van der Waals surface area contributed by atoms with Gasteiger partial charge in [0.15, 0.2) is 0 Å². The summed E-state index contributed by atoms with van der Waals surface area (Å²) in [5.74, 6) is -0.467. The highest BCUT2D eigenvalue weighted by molar-refractivity contribution is 14.1. The van der Waals surface area contributed by atoms with Crippen LogP contribution in [0.15, 0.2) is 47.3 Å². The van der Waals surface area contributed by atoms with E-state index >= 15 is 0 Å². The van der Waals surface area contributed by atoms with Gasteiger partial charge < -0.3 is 9.84 Å². The minimum atomic E-state index is -0.627. The van der Waals surface area contributed by atoms with Crippen LogP contribution in [0.2, 0.25) is 0 Å². The average molecular weight is 532 g/mol. The SMILES string of the molecule is N#Cc1ccc(-n2c(O)c3n(c2=O)[C@H]2C[C@@H]3N(C(=O)Oc3ccc(F)cc3)C2)cc1I. The van der Waals surface area contributed by atoms with Gasteiger partial charge in [0, 0.05) is 10.1 Å². The lowest BCUT2D eigenvalue weighted by Gasteiger charge is -2.26. The molecule has 2 atom stereocenters. The normalized spacial score (nSPS) is 18.7. The summed E-state index contributed by atoms with van der Waals surface area (Å²) in [5.41, 5.74) is 0.870. The molecular weight excluding hydrogens is 518 g/mol. The molecule has 2 bridgehead atoms. The maximum absolute atomic E-state index is 13.1. The molecule has 31 heavy (non-hydrogen) atoms. The standard InChI is InChI=1S/C21H14FIN4O4/c22-12-2-5-15(6-3-12)31-21(30)25-10-14-8-17(25)18-19(28)27(20(29)26(14)18)13-4-1-11(9-24)16(23)7-13/h1-7,14,17,28H,8,10H2/t14-,17-/m0/s1. The zero-order valence-corrected chi connectivity index (χ0v) is 18.0. The van der Waals surface area contributed by atoms with Gasteiger partial charge >= 0.3 is 11.8 Å². The number of carbonyl (C=O) groups is 1. The predicted octanol–water partition coefficient (Wildman–Crippen LogP) is 3.46. The third-order valence-corrected chi connectivity index (χ3v) is 6.53. The van der Waals surface area contributed by atoms with Crippen molar-refractivity contribution < 1.29 is 19.0 Å². The topological polar surface area (TPSA) is 100 Å². The molecule has 3 heterocycles. The highest BCUT2D eigenvalue weighted by Gasteiger charge is 2.49. The van der Waals surface area contributed by atoms with Crippen LogP contribution in [-0.4, -0.2) is 31.8 Å². The van der Waals surface area contributed by atoms with Gasteiger partial charge in [0.25, 0.3) is 0 Å². The Hall–Kier alpha value is -3.33. The minimum Gasteiger partial charge on any atom is -0.493 e. The van der Waals surface area contributed by atoms with E-state index in [0.717, 1.165) is 0 Å². The van der Waals surface area contributed by atoms with Gasteiger partial charge in [-0.2, -0.15) is 5.26 Å². The molecule has 5 rings (SSSR count). The number of nitrogens with zero attached hydrogens (tertiary/aromatic N) is 4. The number of imidazole rings is 1. The molecule has 0 saturated carbocycles. The number of carbonyl (C=O) groups excluding carboxylic acids is 1. The van der Waals surface area contributed by atoms with E-state index in [1.54, 1.807) is 18.2 Å². The number of halogens is 2. The summed E-state index contributed by atoms with van der Waals surface area (Å²) >= 11 is 2.00. The summed E-state index contributed by atoms with van der Waals surface area (Å²) in [6.07, 6.45) is -0.125. The molecule has 10 heteroatoms. The number of rotatable bonds is 2. The van der Waals surface area contributed by atoms with E-state index in [-0.39, 0.29) is 24.2 Å². The smallest absolute Gasteiger partial charge is 0.415 e. The zero-order chi connectivity index (χ0) is 21.9. The van der Waals surface area contributed by atoms with Gasteiger partial charge in [-0.1, -0.05) is 0 Å². The van der Waals surface area contributed by atoms with Crippen LogP contribution in [0.3, 0.4) is 0 Å². The fourth-order valence-corrected chi connectivity index (χ4v) is 4.90. The fraction of sp³-hybridized carbons (Fsp3) is 0.190. The molecule has 2 aromatic carbocycles. The molecule has 0 spiro atoms. The lowest BCUT2D eigenvalue weighted by Crippen LogP contribution is -2.39. The molecule has 1 aromatic heterocycles. The van der Waals surface area contributed by atoms with Crippen molar-refractivity contribution in [1.82, 2.24) is 14.0 Å². The Bertz CT molecular complexity index is 1320. The number of nitriles is 1. The highest BCUT2D eigenvalue weighted by atomic mass is 127. The van der Waals surface area contributed by atoms with Gasteiger partial charge in [0.05, 0.1) is 23.3 Å². The number of benzene rings is 2. The van der Waals surface area contributed by atoms with Gasteiger partial charge in [-0.05, 0) is 71.5 Å². The molecule has 8 nitrogen and oxygen atoms in total. The lowest BCUT2D eigenvalue weighted by atomic mass is 10.2. The summed E-state index contributed by atoms with van der Waals surface area (Å²) in [7, 11) is 0. The number of fused-ring (bicyclic) bond motifs is 5. The fourth-order valence-electron chi connectivity index (χ4n) is 4.28. The Morgan fingerprint density at radius 1 is 1.26 bits per heavy atom. The van der Waals surface area contributed by atoms with Crippen LogP contribution in [0.1, 0.15) is 29.8 Å². The van der Waals surface area contributed by atoms with Crippen LogP contribution in [0.5, 0.6) is 11.6 Å². The number of hydrogen-bond donors (Lipinski definition) is 1. The molecule has 3 aromatic rings. The van der Waals surface area contributed by atoms with Crippen molar-refractivity contribution in [2.75, 3.05) is 6.54 Å². The molecular formula is C21H14FIN4O4. The van der Waals surface area contributed by atoms with Crippen LogP contribution in [0.4, 0.5) is 9.18 Å². The Kier molecular flexibility index (Phi) is 4.51. The van der Waals surface area contributed by atoms with Crippen molar-refractivity contribution in [3.63, 3.8) is 0 Å². The van der Waals surface area contributed by atoms with Gasteiger partial charge in [-0.15, -0.1) is 0 Å². The van der Waals surface area contributed by atoms with Crippen molar-refractivity contribution in [2.45, 2.75) is 18.5 Å². The van der Waals surface area contributed by atoms with E-state index in [0.29, 0.717) is 26.9 Å². The van der Waals surface area contributed by atoms with Gasteiger partial charge in [-0.3, -0.25) is 9.47 Å². The Labute approximate surface area is 188 Å². The van der Waals surface area contributed by atoms with E-state index in [2.05, 4.69) is 6.07 Å². The second kappa shape index (κ2) is 7.12. The molecule has 0 unspecified atom stereocenters. The first-order valence-corrected chi connectivity index (χ1v) is 10.5. The summed E-state index contributed by atoms with van der Waals surface area (Å²) < 4.78 is 21.8. The van der Waals surface area contributed by atoms with Crippen LogP contribution >= 0.6 is 22.6 Å². The van der Waals surface area contributed by atoms with Crippen molar-refractivity contribution in [3.05, 3.63) is 73.6 Å². The Morgan fingerprint density at radius 2 is 2.00 bits per heavy atom. The number of aromatic nitrogens is 2. The van der Waals surface area contributed by atoms with Crippen LogP contribution in [-0.2, 0) is 0 Å². The molecule has 1 saturated heterocycles. The number of aromatic hydroxyl groups is 1. The van der Waals surface area contributed by atoms with E-state index < -0.39 is 23.6 Å².